The molecular weight excluding hydrogens is 309 g/mol. The van der Waals surface area contributed by atoms with E-state index in [0.717, 1.165) is 13.0 Å². The molecule has 0 fully saturated rings. The minimum Gasteiger partial charge on any atom is -0.354 e. The standard InChI is InChI=1S/C15H25N3O.2ClH/c1-16-11-7-10-15(19)17-12-14(18(2)3)13-8-5-4-6-9-13;;/h4-6,8-9,14,16H,7,10-12H2,1-3H3,(H,17,19);2*1H. The molecule has 1 atom stereocenters. The highest BCUT2D eigenvalue weighted by Crippen LogP contribution is 2.16. The lowest BCUT2D eigenvalue weighted by molar-refractivity contribution is -0.121. The van der Waals surface area contributed by atoms with Crippen molar-refractivity contribution in [3.05, 3.63) is 35.9 Å². The molecule has 21 heavy (non-hydrogen) atoms. The minimum atomic E-state index is 0. The molecule has 6 heteroatoms. The van der Waals surface area contributed by atoms with Crippen molar-refractivity contribution in [3.63, 3.8) is 0 Å². The molecule has 0 aliphatic carbocycles. The number of hydrogen-bond acceptors (Lipinski definition) is 3. The van der Waals surface area contributed by atoms with Crippen LogP contribution in [0.2, 0.25) is 0 Å². The molecule has 0 saturated heterocycles. The van der Waals surface area contributed by atoms with Gasteiger partial charge < -0.3 is 15.5 Å². The van der Waals surface area contributed by atoms with Crippen molar-refractivity contribution in [2.45, 2.75) is 18.9 Å². The van der Waals surface area contributed by atoms with Crippen LogP contribution in [0.25, 0.3) is 0 Å². The molecule has 0 aromatic heterocycles. The van der Waals surface area contributed by atoms with Crippen LogP contribution in [0.15, 0.2) is 30.3 Å². The van der Waals surface area contributed by atoms with Crippen LogP contribution in [-0.2, 0) is 4.79 Å². The highest BCUT2D eigenvalue weighted by Gasteiger charge is 2.14. The van der Waals surface area contributed by atoms with Crippen LogP contribution >= 0.6 is 24.8 Å². The average molecular weight is 336 g/mol. The fourth-order valence-corrected chi connectivity index (χ4v) is 2.00. The Hall–Kier alpha value is -0.810. The number of hydrogen-bond donors (Lipinski definition) is 2. The molecule has 0 aliphatic rings. The van der Waals surface area contributed by atoms with Crippen molar-refractivity contribution in [1.82, 2.24) is 15.5 Å². The van der Waals surface area contributed by atoms with Gasteiger partial charge in [0.15, 0.2) is 0 Å². The fraction of sp³-hybridized carbons (Fsp3) is 0.533. The largest absolute Gasteiger partial charge is 0.354 e. The zero-order valence-electron chi connectivity index (χ0n) is 13.0. The first kappa shape index (κ1) is 22.5. The number of carbonyl (C=O) groups is 1. The van der Waals surface area contributed by atoms with Gasteiger partial charge in [0.1, 0.15) is 0 Å². The van der Waals surface area contributed by atoms with E-state index in [1.54, 1.807) is 0 Å². The topological polar surface area (TPSA) is 44.4 Å². The van der Waals surface area contributed by atoms with E-state index in [9.17, 15) is 4.79 Å². The van der Waals surface area contributed by atoms with E-state index < -0.39 is 0 Å². The Bertz CT molecular complexity index is 374. The predicted molar refractivity (Wildman–Crippen MR) is 93.5 cm³/mol. The molecule has 0 spiro atoms. The number of nitrogens with one attached hydrogen (secondary N) is 2. The van der Waals surface area contributed by atoms with Gasteiger partial charge in [0, 0.05) is 13.0 Å². The number of carbonyl (C=O) groups excluding carboxylic acids is 1. The number of likely N-dealkylation sites (N-methyl/N-ethyl adjacent to an activating group) is 1. The summed E-state index contributed by atoms with van der Waals surface area (Å²) in [4.78, 5) is 13.8. The summed E-state index contributed by atoms with van der Waals surface area (Å²) >= 11 is 0. The maximum Gasteiger partial charge on any atom is 0.220 e. The molecule has 0 saturated carbocycles. The van der Waals surface area contributed by atoms with Gasteiger partial charge in [-0.2, -0.15) is 0 Å². The normalized spacial score (nSPS) is 11.2. The van der Waals surface area contributed by atoms with Gasteiger partial charge in [-0.1, -0.05) is 30.3 Å². The SMILES string of the molecule is CNCCCC(=O)NCC(c1ccccc1)N(C)C.Cl.Cl. The lowest BCUT2D eigenvalue weighted by atomic mass is 10.1. The maximum absolute atomic E-state index is 11.7. The Morgan fingerprint density at radius 1 is 1.19 bits per heavy atom. The number of benzene rings is 1. The molecule has 1 unspecified atom stereocenters. The molecule has 0 radical (unpaired) electrons. The summed E-state index contributed by atoms with van der Waals surface area (Å²) in [6, 6.07) is 10.5. The van der Waals surface area contributed by atoms with E-state index in [1.165, 1.54) is 5.56 Å². The zero-order chi connectivity index (χ0) is 14.1. The van der Waals surface area contributed by atoms with Crippen LogP contribution in [0.1, 0.15) is 24.4 Å². The molecule has 1 aromatic carbocycles. The summed E-state index contributed by atoms with van der Waals surface area (Å²) in [6.45, 7) is 1.53. The Morgan fingerprint density at radius 2 is 1.81 bits per heavy atom. The molecule has 0 bridgehead atoms. The summed E-state index contributed by atoms with van der Waals surface area (Å²) in [7, 11) is 5.96. The van der Waals surface area contributed by atoms with E-state index in [2.05, 4.69) is 27.7 Å². The van der Waals surface area contributed by atoms with Gasteiger partial charge in [-0.05, 0) is 39.7 Å². The number of amides is 1. The van der Waals surface area contributed by atoms with Gasteiger partial charge in [-0.15, -0.1) is 24.8 Å². The number of rotatable bonds is 8. The van der Waals surface area contributed by atoms with E-state index in [0.29, 0.717) is 13.0 Å². The third-order valence-corrected chi connectivity index (χ3v) is 3.13. The Balaban J connectivity index is 0. The average Bonchev–Trinajstić information content (AvgIpc) is 2.40. The van der Waals surface area contributed by atoms with Crippen LogP contribution < -0.4 is 10.6 Å². The molecule has 1 rings (SSSR count). The second-order valence-corrected chi connectivity index (χ2v) is 4.90. The first-order valence-electron chi connectivity index (χ1n) is 6.78. The van der Waals surface area contributed by atoms with E-state index in [-0.39, 0.29) is 36.8 Å². The first-order chi connectivity index (χ1) is 9.15. The fourth-order valence-electron chi connectivity index (χ4n) is 2.00. The molecule has 1 aromatic rings. The number of halogens is 2. The summed E-state index contributed by atoms with van der Waals surface area (Å²) in [5.41, 5.74) is 1.23. The van der Waals surface area contributed by atoms with Gasteiger partial charge in [0.2, 0.25) is 5.91 Å². The number of nitrogens with zero attached hydrogens (tertiary/aromatic N) is 1. The highest BCUT2D eigenvalue weighted by atomic mass is 35.5. The Labute approximate surface area is 140 Å². The minimum absolute atomic E-state index is 0. The molecular formula is C15H27Cl2N3O. The summed E-state index contributed by atoms with van der Waals surface area (Å²) in [6.07, 6.45) is 1.45. The van der Waals surface area contributed by atoms with Crippen LogP contribution in [0.4, 0.5) is 0 Å². The van der Waals surface area contributed by atoms with Gasteiger partial charge >= 0.3 is 0 Å². The van der Waals surface area contributed by atoms with Crippen LogP contribution in [0, 0.1) is 0 Å². The first-order valence-corrected chi connectivity index (χ1v) is 6.78. The van der Waals surface area contributed by atoms with Crippen molar-refractivity contribution >= 4 is 30.7 Å². The summed E-state index contributed by atoms with van der Waals surface area (Å²) < 4.78 is 0. The van der Waals surface area contributed by atoms with Gasteiger partial charge in [-0.25, -0.2) is 0 Å². The zero-order valence-corrected chi connectivity index (χ0v) is 14.6. The smallest absolute Gasteiger partial charge is 0.220 e. The summed E-state index contributed by atoms with van der Waals surface area (Å²) in [5.74, 6) is 0.123. The van der Waals surface area contributed by atoms with Crippen molar-refractivity contribution in [1.29, 1.82) is 0 Å². The van der Waals surface area contributed by atoms with Crippen LogP contribution in [0.3, 0.4) is 0 Å². The third kappa shape index (κ3) is 8.94. The van der Waals surface area contributed by atoms with Crippen molar-refractivity contribution in [2.24, 2.45) is 0 Å². The van der Waals surface area contributed by atoms with Crippen LogP contribution in [0.5, 0.6) is 0 Å². The van der Waals surface area contributed by atoms with Gasteiger partial charge in [0.05, 0.1) is 6.04 Å². The second kappa shape index (κ2) is 12.9. The lowest BCUT2D eigenvalue weighted by Crippen LogP contribution is -2.34. The second-order valence-electron chi connectivity index (χ2n) is 4.90. The monoisotopic (exact) mass is 335 g/mol. The lowest BCUT2D eigenvalue weighted by Gasteiger charge is -2.25. The highest BCUT2D eigenvalue weighted by molar-refractivity contribution is 5.85. The quantitative estimate of drug-likeness (QED) is 0.716. The molecule has 2 N–H and O–H groups in total. The molecule has 122 valence electrons. The third-order valence-electron chi connectivity index (χ3n) is 3.13. The Morgan fingerprint density at radius 3 is 2.33 bits per heavy atom. The van der Waals surface area contributed by atoms with Gasteiger partial charge in [-0.3, -0.25) is 4.79 Å². The van der Waals surface area contributed by atoms with Gasteiger partial charge in [0.25, 0.3) is 0 Å². The maximum atomic E-state index is 11.7. The van der Waals surface area contributed by atoms with Crippen LogP contribution in [-0.4, -0.2) is 45.0 Å². The summed E-state index contributed by atoms with van der Waals surface area (Å²) in [5, 5.41) is 6.06. The molecule has 1 amide bonds. The van der Waals surface area contributed by atoms with E-state index >= 15 is 0 Å². The van der Waals surface area contributed by atoms with Crippen molar-refractivity contribution in [2.75, 3.05) is 34.2 Å². The van der Waals surface area contributed by atoms with E-state index in [1.807, 2.05) is 39.3 Å². The molecule has 0 heterocycles. The Kier molecular flexibility index (Phi) is 13.8. The molecule has 0 aliphatic heterocycles. The van der Waals surface area contributed by atoms with Crippen molar-refractivity contribution < 1.29 is 4.79 Å². The van der Waals surface area contributed by atoms with Crippen molar-refractivity contribution in [3.8, 4) is 0 Å². The molecule has 4 nitrogen and oxygen atoms in total. The van der Waals surface area contributed by atoms with E-state index in [4.69, 9.17) is 0 Å². The predicted octanol–water partition coefficient (Wildman–Crippen LogP) is 2.25.